The number of rotatable bonds is 8. The summed E-state index contributed by atoms with van der Waals surface area (Å²) < 4.78 is 2.42. The predicted molar refractivity (Wildman–Crippen MR) is 233 cm³/mol. The minimum absolute atomic E-state index is 1.08. The molecule has 260 valence electrons. The van der Waals surface area contributed by atoms with Crippen LogP contribution in [0.2, 0.25) is 0 Å². The Bertz CT molecular complexity index is 2840. The fourth-order valence-electron chi connectivity index (χ4n) is 7.98. The van der Waals surface area contributed by atoms with E-state index in [0.717, 1.165) is 39.8 Å². The summed E-state index contributed by atoms with van der Waals surface area (Å²) in [6, 6.07) is 80.5. The number of aromatic nitrogens is 1. The summed E-state index contributed by atoms with van der Waals surface area (Å²) >= 11 is 0. The van der Waals surface area contributed by atoms with E-state index in [-0.39, 0.29) is 0 Å². The quantitative estimate of drug-likeness (QED) is 0.156. The fraction of sp³-hybridized carbons (Fsp3) is 0. The predicted octanol–water partition coefficient (Wildman–Crippen LogP) is 14.5. The van der Waals surface area contributed by atoms with Crippen molar-refractivity contribution in [2.45, 2.75) is 0 Å². The van der Waals surface area contributed by atoms with Gasteiger partial charge in [-0.2, -0.15) is 0 Å². The summed E-state index contributed by atoms with van der Waals surface area (Å²) in [7, 11) is 0. The van der Waals surface area contributed by atoms with Crippen LogP contribution < -0.4 is 9.80 Å². The average Bonchev–Trinajstić information content (AvgIpc) is 3.61. The number of fused-ring (bicyclic) bond motifs is 5. The Morgan fingerprint density at radius 3 is 1.35 bits per heavy atom. The monoisotopic (exact) mass is 703 g/mol. The summed E-state index contributed by atoms with van der Waals surface area (Å²) in [5, 5.41) is 4.90. The summed E-state index contributed by atoms with van der Waals surface area (Å²) in [6.45, 7) is 0. The van der Waals surface area contributed by atoms with Gasteiger partial charge in [-0.1, -0.05) is 133 Å². The molecule has 3 heteroatoms. The van der Waals surface area contributed by atoms with Gasteiger partial charge < -0.3 is 14.4 Å². The molecule has 1 heterocycles. The molecule has 0 unspecified atom stereocenters. The lowest BCUT2D eigenvalue weighted by atomic mass is 10.0. The number of anilines is 6. The Kier molecular flexibility index (Phi) is 8.16. The molecule has 10 aromatic rings. The van der Waals surface area contributed by atoms with Gasteiger partial charge in [0.05, 0.1) is 11.0 Å². The molecule has 1 aromatic heterocycles. The number of hydrogen-bond acceptors (Lipinski definition) is 2. The molecule has 55 heavy (non-hydrogen) atoms. The second-order valence-corrected chi connectivity index (χ2v) is 13.8. The Hall–Kier alpha value is -7.36. The van der Waals surface area contributed by atoms with E-state index >= 15 is 0 Å². The van der Waals surface area contributed by atoms with Gasteiger partial charge in [0.2, 0.25) is 0 Å². The summed E-state index contributed by atoms with van der Waals surface area (Å²) in [5.74, 6) is 0. The van der Waals surface area contributed by atoms with Crippen LogP contribution in [0.1, 0.15) is 0 Å². The van der Waals surface area contributed by atoms with Crippen LogP contribution in [0.25, 0.3) is 49.4 Å². The largest absolute Gasteiger partial charge is 0.311 e. The highest BCUT2D eigenvalue weighted by Gasteiger charge is 2.19. The minimum Gasteiger partial charge on any atom is -0.311 e. The van der Waals surface area contributed by atoms with Gasteiger partial charge in [-0.05, 0) is 108 Å². The lowest BCUT2D eigenvalue weighted by molar-refractivity contribution is 1.19. The second kappa shape index (κ2) is 13.9. The van der Waals surface area contributed by atoms with E-state index in [4.69, 9.17) is 0 Å². The Morgan fingerprint density at radius 1 is 0.291 bits per heavy atom. The van der Waals surface area contributed by atoms with E-state index in [9.17, 15) is 0 Å². The molecular formula is C52H37N3. The maximum absolute atomic E-state index is 2.42. The highest BCUT2D eigenvalue weighted by atomic mass is 15.2. The third kappa shape index (κ3) is 5.89. The first-order chi connectivity index (χ1) is 27.3. The zero-order chi connectivity index (χ0) is 36.6. The maximum Gasteiger partial charge on any atom is 0.0620 e. The molecule has 3 nitrogen and oxygen atoms in total. The Labute approximate surface area is 321 Å². The van der Waals surface area contributed by atoms with Gasteiger partial charge in [0.15, 0.2) is 0 Å². The van der Waals surface area contributed by atoms with Gasteiger partial charge in [0.1, 0.15) is 0 Å². The second-order valence-electron chi connectivity index (χ2n) is 13.8. The van der Waals surface area contributed by atoms with Crippen molar-refractivity contribution in [2.75, 3.05) is 9.80 Å². The maximum atomic E-state index is 2.42. The van der Waals surface area contributed by atoms with E-state index in [0.29, 0.717) is 0 Å². The van der Waals surface area contributed by atoms with Crippen molar-refractivity contribution >= 4 is 66.7 Å². The molecule has 0 fully saturated rings. The van der Waals surface area contributed by atoms with Crippen LogP contribution >= 0.6 is 0 Å². The van der Waals surface area contributed by atoms with Crippen molar-refractivity contribution in [3.8, 4) is 16.8 Å². The molecule has 9 aromatic carbocycles. The molecule has 0 spiro atoms. The summed E-state index contributed by atoms with van der Waals surface area (Å²) in [6.07, 6.45) is 0. The van der Waals surface area contributed by atoms with Gasteiger partial charge in [-0.3, -0.25) is 0 Å². The smallest absolute Gasteiger partial charge is 0.0620 e. The van der Waals surface area contributed by atoms with Crippen molar-refractivity contribution in [1.29, 1.82) is 0 Å². The lowest BCUT2D eigenvalue weighted by Gasteiger charge is -2.28. The molecule has 0 radical (unpaired) electrons. The number of hydrogen-bond donors (Lipinski definition) is 0. The molecule has 0 bridgehead atoms. The van der Waals surface area contributed by atoms with Crippen LogP contribution in [0.5, 0.6) is 0 Å². The third-order valence-corrected chi connectivity index (χ3v) is 10.5. The minimum atomic E-state index is 1.08. The number of nitrogens with zero attached hydrogens (tertiary/aromatic N) is 3. The van der Waals surface area contributed by atoms with Crippen LogP contribution in [-0.4, -0.2) is 4.57 Å². The highest BCUT2D eigenvalue weighted by Crippen LogP contribution is 2.42. The molecule has 0 atom stereocenters. The highest BCUT2D eigenvalue weighted by molar-refractivity contribution is 6.19. The normalized spacial score (nSPS) is 11.3. The molecule has 0 saturated carbocycles. The number of benzene rings is 9. The van der Waals surface area contributed by atoms with Gasteiger partial charge in [-0.25, -0.2) is 0 Å². The Morgan fingerprint density at radius 2 is 0.727 bits per heavy atom. The molecule has 0 N–H and O–H groups in total. The number of para-hydroxylation sites is 4. The standard InChI is InChI=1S/C52H37N3/c1-5-15-38(16-6-1)39-25-29-44(30-26-39)54(46-34-32-45(33-35-46)53(41-17-7-2-8-18-41)42-19-9-3-10-20-42)47-31-27-40-28-36-49-48-23-13-14-24-51(48)55(52(49)50(40)37-47)43-21-11-4-12-22-43/h1-37H. The molecule has 0 aliphatic carbocycles. The molecule has 10 rings (SSSR count). The SMILES string of the molecule is c1ccc(-c2ccc(N(c3ccc(N(c4ccccc4)c4ccccc4)cc3)c3ccc4ccc5c6ccccc6n(-c6ccccc6)c5c4c3)cc2)cc1. The first kappa shape index (κ1) is 32.3. The van der Waals surface area contributed by atoms with E-state index < -0.39 is 0 Å². The van der Waals surface area contributed by atoms with E-state index in [2.05, 4.69) is 239 Å². The topological polar surface area (TPSA) is 11.4 Å². The van der Waals surface area contributed by atoms with E-state index in [1.54, 1.807) is 0 Å². The van der Waals surface area contributed by atoms with Crippen LogP contribution in [0, 0.1) is 0 Å². The Balaban J connectivity index is 1.16. The summed E-state index contributed by atoms with van der Waals surface area (Å²) in [4.78, 5) is 4.68. The van der Waals surface area contributed by atoms with Gasteiger partial charge >= 0.3 is 0 Å². The van der Waals surface area contributed by atoms with Gasteiger partial charge in [0, 0.05) is 56.0 Å². The van der Waals surface area contributed by atoms with Crippen LogP contribution in [0.3, 0.4) is 0 Å². The van der Waals surface area contributed by atoms with Crippen molar-refractivity contribution in [2.24, 2.45) is 0 Å². The van der Waals surface area contributed by atoms with Gasteiger partial charge in [0.25, 0.3) is 0 Å². The van der Waals surface area contributed by atoms with E-state index in [1.165, 1.54) is 43.7 Å². The van der Waals surface area contributed by atoms with Gasteiger partial charge in [-0.15, -0.1) is 0 Å². The van der Waals surface area contributed by atoms with E-state index in [1.807, 2.05) is 0 Å². The zero-order valence-electron chi connectivity index (χ0n) is 30.2. The summed E-state index contributed by atoms with van der Waals surface area (Å²) in [5.41, 5.74) is 12.5. The van der Waals surface area contributed by atoms with Crippen LogP contribution in [-0.2, 0) is 0 Å². The fourth-order valence-corrected chi connectivity index (χ4v) is 7.98. The van der Waals surface area contributed by atoms with Crippen molar-refractivity contribution in [3.63, 3.8) is 0 Å². The van der Waals surface area contributed by atoms with Crippen LogP contribution in [0.15, 0.2) is 224 Å². The molecular weight excluding hydrogens is 667 g/mol. The molecule has 0 aliphatic rings. The third-order valence-electron chi connectivity index (χ3n) is 10.5. The van der Waals surface area contributed by atoms with Crippen molar-refractivity contribution in [1.82, 2.24) is 4.57 Å². The molecule has 0 amide bonds. The first-order valence-electron chi connectivity index (χ1n) is 18.8. The van der Waals surface area contributed by atoms with Crippen molar-refractivity contribution < 1.29 is 0 Å². The average molecular weight is 704 g/mol. The zero-order valence-corrected chi connectivity index (χ0v) is 30.2. The first-order valence-corrected chi connectivity index (χ1v) is 18.8. The van der Waals surface area contributed by atoms with Crippen LogP contribution in [0.4, 0.5) is 34.1 Å². The van der Waals surface area contributed by atoms with Crippen molar-refractivity contribution in [3.05, 3.63) is 224 Å². The molecule has 0 aliphatic heterocycles. The lowest BCUT2D eigenvalue weighted by Crippen LogP contribution is -2.12. The molecule has 0 saturated heterocycles.